The second kappa shape index (κ2) is 12.1. The highest BCUT2D eigenvalue weighted by atomic mass is 19.4. The lowest BCUT2D eigenvalue weighted by atomic mass is 10.00. The zero-order valence-electron chi connectivity index (χ0n) is 21.8. The first-order valence-electron chi connectivity index (χ1n) is 12.8. The first-order chi connectivity index (χ1) is 18.7. The number of amides is 2. The Hall–Kier alpha value is -4.21. The van der Waals surface area contributed by atoms with Crippen LogP contribution in [0.3, 0.4) is 0 Å². The molecule has 0 spiro atoms. The SMILES string of the molecule is CCC[C@H](NC(=O)c1cccc2nc(-c3cccnc3)n(CCCC(=O)NC)c12)c1ccc(C(F)(F)F)cc1. The third-order valence-corrected chi connectivity index (χ3v) is 6.52. The van der Waals surface area contributed by atoms with Gasteiger partial charge in [-0.1, -0.05) is 31.5 Å². The standard InChI is InChI=1S/C29H30F3N5O2/c1-3-7-23(19-12-14-21(15-13-19)29(30,31)32)36-28(39)22-9-4-10-24-26(22)37(17-6-11-25(38)33-2)27(35-24)20-8-5-16-34-18-20/h4-5,8-10,12-16,18,23H,3,6-7,11,17H2,1-2H3,(H,33,38)(H,36,39)/t23-/m0/s1. The van der Waals surface area contributed by atoms with Gasteiger partial charge in [0.05, 0.1) is 28.2 Å². The molecule has 0 radical (unpaired) electrons. The summed E-state index contributed by atoms with van der Waals surface area (Å²) >= 11 is 0. The molecule has 0 saturated carbocycles. The molecule has 0 bridgehead atoms. The number of para-hydroxylation sites is 1. The van der Waals surface area contributed by atoms with Gasteiger partial charge in [-0.2, -0.15) is 13.2 Å². The number of carbonyl (C=O) groups excluding carboxylic acids is 2. The molecule has 0 fully saturated rings. The number of carbonyl (C=O) groups is 2. The largest absolute Gasteiger partial charge is 0.416 e. The number of benzene rings is 2. The van der Waals surface area contributed by atoms with E-state index in [0.717, 1.165) is 24.1 Å². The molecule has 39 heavy (non-hydrogen) atoms. The maximum Gasteiger partial charge on any atom is 0.416 e. The molecule has 0 aliphatic carbocycles. The molecular formula is C29H30F3N5O2. The summed E-state index contributed by atoms with van der Waals surface area (Å²) in [6, 6.07) is 13.4. The van der Waals surface area contributed by atoms with E-state index < -0.39 is 17.8 Å². The summed E-state index contributed by atoms with van der Waals surface area (Å²) in [6.07, 6.45) is 1.04. The van der Waals surface area contributed by atoms with E-state index in [2.05, 4.69) is 15.6 Å². The van der Waals surface area contributed by atoms with Crippen LogP contribution in [0, 0.1) is 0 Å². The first kappa shape index (κ1) is 27.8. The van der Waals surface area contributed by atoms with Crippen molar-refractivity contribution in [1.82, 2.24) is 25.2 Å². The Balaban J connectivity index is 1.71. The molecule has 4 aromatic rings. The minimum absolute atomic E-state index is 0.0840. The average Bonchev–Trinajstić information content (AvgIpc) is 3.31. The van der Waals surface area contributed by atoms with Crippen molar-refractivity contribution in [3.63, 3.8) is 0 Å². The number of aromatic nitrogens is 3. The molecule has 2 N–H and O–H groups in total. The van der Waals surface area contributed by atoms with Crippen LogP contribution in [0.4, 0.5) is 13.2 Å². The van der Waals surface area contributed by atoms with Gasteiger partial charge in [-0.3, -0.25) is 14.6 Å². The normalized spacial score (nSPS) is 12.3. The molecule has 2 amide bonds. The number of nitrogens with one attached hydrogen (secondary N) is 2. The van der Waals surface area contributed by atoms with Gasteiger partial charge in [-0.25, -0.2) is 4.98 Å². The van der Waals surface area contributed by atoms with Gasteiger partial charge in [0.15, 0.2) is 0 Å². The van der Waals surface area contributed by atoms with Crippen molar-refractivity contribution in [3.8, 4) is 11.4 Å². The molecule has 0 aliphatic heterocycles. The van der Waals surface area contributed by atoms with E-state index in [9.17, 15) is 22.8 Å². The lowest BCUT2D eigenvalue weighted by molar-refractivity contribution is -0.137. The van der Waals surface area contributed by atoms with Gasteiger partial charge in [-0.05, 0) is 54.8 Å². The quantitative estimate of drug-likeness (QED) is 0.263. The monoisotopic (exact) mass is 537 g/mol. The lowest BCUT2D eigenvalue weighted by Gasteiger charge is -2.20. The van der Waals surface area contributed by atoms with E-state index in [4.69, 9.17) is 4.98 Å². The van der Waals surface area contributed by atoms with Gasteiger partial charge in [0.2, 0.25) is 5.91 Å². The smallest absolute Gasteiger partial charge is 0.359 e. The molecule has 2 heterocycles. The van der Waals surface area contributed by atoms with Gasteiger partial charge < -0.3 is 15.2 Å². The summed E-state index contributed by atoms with van der Waals surface area (Å²) in [7, 11) is 1.59. The number of nitrogens with zero attached hydrogens (tertiary/aromatic N) is 3. The number of aryl methyl sites for hydroxylation is 1. The van der Waals surface area contributed by atoms with Crippen molar-refractivity contribution < 1.29 is 22.8 Å². The highest BCUT2D eigenvalue weighted by Crippen LogP contribution is 2.31. The number of fused-ring (bicyclic) bond motifs is 1. The zero-order chi connectivity index (χ0) is 28.0. The van der Waals surface area contributed by atoms with E-state index in [1.165, 1.54) is 12.1 Å². The molecular weight excluding hydrogens is 507 g/mol. The fourth-order valence-corrected chi connectivity index (χ4v) is 4.58. The summed E-state index contributed by atoms with van der Waals surface area (Å²) in [5.41, 5.74) is 2.26. The Morgan fingerprint density at radius 3 is 2.46 bits per heavy atom. The van der Waals surface area contributed by atoms with Crippen LogP contribution in [0.5, 0.6) is 0 Å². The molecule has 7 nitrogen and oxygen atoms in total. The highest BCUT2D eigenvalue weighted by Gasteiger charge is 2.30. The maximum atomic E-state index is 13.7. The van der Waals surface area contributed by atoms with Gasteiger partial charge in [0, 0.05) is 38.0 Å². The molecule has 2 aromatic heterocycles. The number of imidazole rings is 1. The third kappa shape index (κ3) is 6.45. The predicted octanol–water partition coefficient (Wildman–Crippen LogP) is 5.91. The second-order valence-electron chi connectivity index (χ2n) is 9.21. The molecule has 0 aliphatic rings. The van der Waals surface area contributed by atoms with Crippen LogP contribution >= 0.6 is 0 Å². The topological polar surface area (TPSA) is 88.9 Å². The Morgan fingerprint density at radius 1 is 1.05 bits per heavy atom. The van der Waals surface area contributed by atoms with E-state index in [0.29, 0.717) is 53.8 Å². The van der Waals surface area contributed by atoms with Crippen molar-refractivity contribution in [3.05, 3.63) is 83.7 Å². The van der Waals surface area contributed by atoms with Crippen LogP contribution in [-0.4, -0.2) is 33.4 Å². The van der Waals surface area contributed by atoms with Crippen LogP contribution in [0.15, 0.2) is 67.0 Å². The van der Waals surface area contributed by atoms with Gasteiger partial charge in [-0.15, -0.1) is 0 Å². The number of pyridine rings is 1. The minimum Gasteiger partial charge on any atom is -0.359 e. The van der Waals surface area contributed by atoms with Gasteiger partial charge in [0.1, 0.15) is 5.82 Å². The predicted molar refractivity (Wildman–Crippen MR) is 143 cm³/mol. The Kier molecular flexibility index (Phi) is 8.63. The minimum atomic E-state index is -4.43. The summed E-state index contributed by atoms with van der Waals surface area (Å²) < 4.78 is 41.1. The Labute approximate surface area is 224 Å². The Bertz CT molecular complexity index is 1430. The van der Waals surface area contributed by atoms with E-state index in [-0.39, 0.29) is 11.8 Å². The van der Waals surface area contributed by atoms with Crippen LogP contribution in [0.25, 0.3) is 22.4 Å². The fourth-order valence-electron chi connectivity index (χ4n) is 4.58. The van der Waals surface area contributed by atoms with Crippen molar-refractivity contribution in [1.29, 1.82) is 0 Å². The molecule has 2 aromatic carbocycles. The second-order valence-corrected chi connectivity index (χ2v) is 9.21. The fraction of sp³-hybridized carbons (Fsp3) is 0.310. The van der Waals surface area contributed by atoms with E-state index >= 15 is 0 Å². The van der Waals surface area contributed by atoms with E-state index in [1.807, 2.05) is 23.6 Å². The zero-order valence-corrected chi connectivity index (χ0v) is 21.8. The summed E-state index contributed by atoms with van der Waals surface area (Å²) in [5, 5.41) is 5.64. The molecule has 0 unspecified atom stereocenters. The molecule has 4 rings (SSSR count). The number of hydrogen-bond donors (Lipinski definition) is 2. The molecule has 204 valence electrons. The van der Waals surface area contributed by atoms with Crippen LogP contribution < -0.4 is 10.6 Å². The average molecular weight is 538 g/mol. The number of halogens is 3. The highest BCUT2D eigenvalue weighted by molar-refractivity contribution is 6.06. The third-order valence-electron chi connectivity index (χ3n) is 6.52. The molecule has 10 heteroatoms. The molecule has 0 saturated heterocycles. The van der Waals surface area contributed by atoms with Crippen molar-refractivity contribution in [2.45, 2.75) is 51.4 Å². The van der Waals surface area contributed by atoms with Crippen molar-refractivity contribution in [2.75, 3.05) is 7.05 Å². The van der Waals surface area contributed by atoms with Crippen LogP contribution in [-0.2, 0) is 17.5 Å². The summed E-state index contributed by atoms with van der Waals surface area (Å²) in [4.78, 5) is 34.5. The first-order valence-corrected chi connectivity index (χ1v) is 12.8. The summed E-state index contributed by atoms with van der Waals surface area (Å²) in [5.74, 6) is 0.187. The van der Waals surface area contributed by atoms with Crippen molar-refractivity contribution >= 4 is 22.8 Å². The number of hydrogen-bond acceptors (Lipinski definition) is 4. The number of rotatable bonds is 10. The maximum absolute atomic E-state index is 13.7. The lowest BCUT2D eigenvalue weighted by Crippen LogP contribution is -2.29. The van der Waals surface area contributed by atoms with Gasteiger partial charge >= 0.3 is 6.18 Å². The van der Waals surface area contributed by atoms with Crippen LogP contribution in [0.1, 0.15) is 60.1 Å². The Morgan fingerprint density at radius 2 is 1.82 bits per heavy atom. The van der Waals surface area contributed by atoms with Crippen LogP contribution in [0.2, 0.25) is 0 Å². The number of alkyl halides is 3. The van der Waals surface area contributed by atoms with E-state index in [1.54, 1.807) is 37.6 Å². The molecule has 1 atom stereocenters. The summed E-state index contributed by atoms with van der Waals surface area (Å²) in [6.45, 7) is 2.39. The van der Waals surface area contributed by atoms with Crippen molar-refractivity contribution in [2.24, 2.45) is 0 Å². The van der Waals surface area contributed by atoms with Gasteiger partial charge in [0.25, 0.3) is 5.91 Å².